The number of hydrogen-bond donors (Lipinski definition) is 1. The fourth-order valence-electron chi connectivity index (χ4n) is 5.27. The number of morpholine rings is 1. The first kappa shape index (κ1) is 39.4. The second kappa shape index (κ2) is 16.5. The highest BCUT2D eigenvalue weighted by atomic mass is 32.1. The molecule has 1 fully saturated rings. The summed E-state index contributed by atoms with van der Waals surface area (Å²) in [5.74, 6) is 0.0145. The van der Waals surface area contributed by atoms with E-state index in [0.717, 1.165) is 39.7 Å². The van der Waals surface area contributed by atoms with Crippen molar-refractivity contribution in [2.45, 2.75) is 84.3 Å². The highest BCUT2D eigenvalue weighted by molar-refractivity contribution is 7.16. The highest BCUT2D eigenvalue weighted by Gasteiger charge is 2.39. The summed E-state index contributed by atoms with van der Waals surface area (Å²) in [5, 5.41) is 21.2. The number of nitrogens with zero attached hydrogens (tertiary/aromatic N) is 7. The Kier molecular flexibility index (Phi) is 12.7. The van der Waals surface area contributed by atoms with E-state index in [1.165, 1.54) is 11.3 Å². The van der Waals surface area contributed by atoms with Gasteiger partial charge in [-0.2, -0.15) is 4.99 Å². The molecule has 1 unspecified atom stereocenters. The Morgan fingerprint density at radius 1 is 1.14 bits per heavy atom. The number of fused-ring (bicyclic) bond motifs is 1. The molecule has 12 nitrogen and oxygen atoms in total. The van der Waals surface area contributed by atoms with Crippen molar-refractivity contribution in [3.05, 3.63) is 51.8 Å². The maximum Gasteiger partial charge on any atom is 0.355 e. The molecule has 0 spiro atoms. The summed E-state index contributed by atoms with van der Waals surface area (Å²) in [6, 6.07) is 11.3. The topological polar surface area (TPSA) is 127 Å². The van der Waals surface area contributed by atoms with Gasteiger partial charge in [-0.05, 0) is 54.9 Å². The molecule has 0 amide bonds. The van der Waals surface area contributed by atoms with Crippen LogP contribution >= 0.6 is 22.7 Å². The van der Waals surface area contributed by atoms with E-state index in [4.69, 9.17) is 24.0 Å². The minimum Gasteiger partial charge on any atom is -0.476 e. The monoisotopic (exact) mass is 771 g/mol. The minimum absolute atomic E-state index is 0.00174. The van der Waals surface area contributed by atoms with Crippen LogP contribution in [0.2, 0.25) is 43.8 Å². The fourth-order valence-corrected chi connectivity index (χ4v) is 8.90. The molecular formula is C35H53N7O5S2Si2. The third kappa shape index (κ3) is 10.2. The van der Waals surface area contributed by atoms with Crippen molar-refractivity contribution in [1.82, 2.24) is 24.6 Å². The van der Waals surface area contributed by atoms with Crippen molar-refractivity contribution < 1.29 is 23.8 Å². The number of hydrogen-bond acceptors (Lipinski definition) is 12. The van der Waals surface area contributed by atoms with E-state index in [1.807, 2.05) is 30.0 Å². The molecule has 51 heavy (non-hydrogen) atoms. The molecule has 0 aliphatic carbocycles. The van der Waals surface area contributed by atoms with E-state index in [9.17, 15) is 9.90 Å². The summed E-state index contributed by atoms with van der Waals surface area (Å²) in [7, 11) is -3.28. The molecule has 1 aliphatic rings. The Bertz CT molecular complexity index is 1860. The van der Waals surface area contributed by atoms with Crippen molar-refractivity contribution in [2.75, 3.05) is 51.0 Å². The smallest absolute Gasteiger partial charge is 0.355 e. The summed E-state index contributed by atoms with van der Waals surface area (Å²) in [4.78, 5) is 26.5. The second-order valence-electron chi connectivity index (χ2n) is 15.8. The van der Waals surface area contributed by atoms with Gasteiger partial charge in [-0.25, -0.2) is 9.78 Å². The lowest BCUT2D eigenvalue weighted by atomic mass is 10.2. The zero-order valence-corrected chi connectivity index (χ0v) is 35.1. The fraction of sp³-hybridized carbons (Fsp3) is 0.571. The number of para-hydroxylation sites is 1. The quantitative estimate of drug-likeness (QED) is 0.0968. The molecule has 0 bridgehead atoms. The first-order chi connectivity index (χ1) is 24.0. The summed E-state index contributed by atoms with van der Waals surface area (Å²) in [5.41, 5.74) is 1.90. The SMILES string of the molecule is Cc1cc(N(CC(CO[Si](C)(C)C(C)(C)C)N2CCOCC2)c2nc(C(=O)O)cs2)nnc1/N=c1\sc2ccccc2n1COCC[Si](C)(C)C. The zero-order chi connectivity index (χ0) is 37.0. The number of anilines is 2. The Balaban J connectivity index is 1.49. The predicted molar refractivity (Wildman–Crippen MR) is 211 cm³/mol. The maximum atomic E-state index is 11.9. The molecule has 1 saturated heterocycles. The van der Waals surface area contributed by atoms with E-state index >= 15 is 0 Å². The third-order valence-electron chi connectivity index (χ3n) is 9.57. The van der Waals surface area contributed by atoms with Gasteiger partial charge in [-0.3, -0.25) is 14.4 Å². The molecule has 4 aromatic rings. The van der Waals surface area contributed by atoms with Crippen molar-refractivity contribution in [3.63, 3.8) is 0 Å². The van der Waals surface area contributed by atoms with Crippen molar-refractivity contribution >= 4 is 72.0 Å². The van der Waals surface area contributed by atoms with Crippen LogP contribution in [0.1, 0.15) is 36.8 Å². The number of carbonyl (C=O) groups is 1. The molecule has 1 aromatic carbocycles. The maximum absolute atomic E-state index is 11.9. The van der Waals surface area contributed by atoms with Crippen molar-refractivity contribution in [1.29, 1.82) is 0 Å². The average Bonchev–Trinajstić information content (AvgIpc) is 3.69. The molecule has 1 atom stereocenters. The van der Waals surface area contributed by atoms with Crippen LogP contribution < -0.4 is 9.70 Å². The molecule has 1 N–H and O–H groups in total. The summed E-state index contributed by atoms with van der Waals surface area (Å²) in [6.07, 6.45) is 0. The molecule has 1 aliphatic heterocycles. The van der Waals surface area contributed by atoms with Crippen molar-refractivity contribution in [2.24, 2.45) is 4.99 Å². The molecule has 16 heteroatoms. The predicted octanol–water partition coefficient (Wildman–Crippen LogP) is 7.36. The van der Waals surface area contributed by atoms with E-state index < -0.39 is 22.4 Å². The van der Waals surface area contributed by atoms with Gasteiger partial charge >= 0.3 is 5.97 Å². The van der Waals surface area contributed by atoms with Gasteiger partial charge in [-0.1, -0.05) is 63.9 Å². The molecule has 0 radical (unpaired) electrons. The number of aromatic nitrogens is 4. The Hall–Kier alpha value is -2.84. The molecule has 4 heterocycles. The third-order valence-corrected chi connectivity index (χ3v) is 17.7. The van der Waals surface area contributed by atoms with Crippen LogP contribution in [0.3, 0.4) is 0 Å². The lowest BCUT2D eigenvalue weighted by molar-refractivity contribution is 0.00690. The summed E-state index contributed by atoms with van der Waals surface area (Å²) in [6.45, 7) is 25.2. The van der Waals surface area contributed by atoms with Gasteiger partial charge in [0, 0.05) is 45.7 Å². The highest BCUT2D eigenvalue weighted by Crippen LogP contribution is 2.37. The van der Waals surface area contributed by atoms with Gasteiger partial charge < -0.3 is 19.0 Å². The largest absolute Gasteiger partial charge is 0.476 e. The lowest BCUT2D eigenvalue weighted by Gasteiger charge is -2.41. The summed E-state index contributed by atoms with van der Waals surface area (Å²) < 4.78 is 21.9. The minimum atomic E-state index is -2.06. The number of carboxylic acid groups (broad SMARTS) is 1. The van der Waals surface area contributed by atoms with Gasteiger partial charge in [-0.15, -0.1) is 21.5 Å². The van der Waals surface area contributed by atoms with Gasteiger partial charge in [0.1, 0.15) is 6.73 Å². The molecule has 3 aromatic heterocycles. The van der Waals surface area contributed by atoms with Crippen LogP contribution in [0, 0.1) is 6.92 Å². The first-order valence-electron chi connectivity index (χ1n) is 17.5. The van der Waals surface area contributed by atoms with Crippen LogP contribution in [-0.2, 0) is 20.6 Å². The number of aromatic carboxylic acids is 1. The average molecular weight is 772 g/mol. The van der Waals surface area contributed by atoms with E-state index in [0.29, 0.717) is 56.5 Å². The number of carboxylic acids is 1. The van der Waals surface area contributed by atoms with Crippen molar-refractivity contribution in [3.8, 4) is 0 Å². The zero-order valence-electron chi connectivity index (χ0n) is 31.4. The Morgan fingerprint density at radius 2 is 1.86 bits per heavy atom. The number of rotatable bonds is 15. The number of benzene rings is 1. The van der Waals surface area contributed by atoms with Crippen LogP contribution in [-0.4, -0.2) is 104 Å². The normalized spacial score (nSPS) is 15.8. The lowest BCUT2D eigenvalue weighted by Crippen LogP contribution is -2.53. The Labute approximate surface area is 311 Å². The Morgan fingerprint density at radius 3 is 2.51 bits per heavy atom. The van der Waals surface area contributed by atoms with Crippen LogP contribution in [0.5, 0.6) is 0 Å². The number of thiazole rings is 2. The molecule has 0 saturated carbocycles. The number of ether oxygens (including phenoxy) is 2. The van der Waals surface area contributed by atoms with E-state index in [2.05, 4.69) is 85.2 Å². The van der Waals surface area contributed by atoms with Gasteiger partial charge in [0.15, 0.2) is 35.6 Å². The second-order valence-corrected chi connectivity index (χ2v) is 28.0. The molecule has 5 rings (SSSR count). The standard InChI is InChI=1S/C35H53N7O5S2Si2/c1-25-20-30(38-39-31(25)37-34-42(24-46-18-19-50(5,6)7)28-12-10-11-13-29(28)49-34)41(33-36-27(23-48-33)32(43)44)21-26(40-14-16-45-17-15-40)22-47-51(8,9)35(2,3)4/h10-13,20,23,26H,14-19,21-22,24H2,1-9H3,(H,43,44)/b37-34-. The van der Waals surface area contributed by atoms with Crippen LogP contribution in [0.4, 0.5) is 16.8 Å². The van der Waals surface area contributed by atoms with E-state index in [1.54, 1.807) is 16.7 Å². The molecule has 278 valence electrons. The van der Waals surface area contributed by atoms with Gasteiger partial charge in [0.25, 0.3) is 0 Å². The van der Waals surface area contributed by atoms with Gasteiger partial charge in [0.2, 0.25) is 0 Å². The summed E-state index contributed by atoms with van der Waals surface area (Å²) >= 11 is 2.87. The molecular weight excluding hydrogens is 719 g/mol. The van der Waals surface area contributed by atoms with Crippen LogP contribution in [0.25, 0.3) is 10.2 Å². The van der Waals surface area contributed by atoms with E-state index in [-0.39, 0.29) is 16.8 Å². The first-order valence-corrected chi connectivity index (χ1v) is 25.8. The number of aryl methyl sites for hydroxylation is 1. The van der Waals surface area contributed by atoms with Crippen LogP contribution in [0.15, 0.2) is 40.7 Å². The van der Waals surface area contributed by atoms with Gasteiger partial charge in [0.05, 0.1) is 30.0 Å².